The fourth-order valence-corrected chi connectivity index (χ4v) is 2.03. The predicted octanol–water partition coefficient (Wildman–Crippen LogP) is 1.49. The summed E-state index contributed by atoms with van der Waals surface area (Å²) < 4.78 is 5.08. The van der Waals surface area contributed by atoms with Crippen molar-refractivity contribution in [3.8, 4) is 6.07 Å². The van der Waals surface area contributed by atoms with Crippen LogP contribution in [0.1, 0.15) is 12.0 Å². The zero-order valence-corrected chi connectivity index (χ0v) is 10.2. The third-order valence-electron chi connectivity index (χ3n) is 2.94. The van der Waals surface area contributed by atoms with Gasteiger partial charge >= 0.3 is 6.09 Å². The summed E-state index contributed by atoms with van der Waals surface area (Å²) in [5, 5.41) is 11.9. The van der Waals surface area contributed by atoms with E-state index in [0.717, 1.165) is 18.7 Å². The van der Waals surface area contributed by atoms with Gasteiger partial charge in [0.15, 0.2) is 0 Å². The van der Waals surface area contributed by atoms with Crippen LogP contribution < -0.4 is 10.2 Å². The van der Waals surface area contributed by atoms with Gasteiger partial charge in [0.05, 0.1) is 17.7 Å². The molecule has 0 bridgehead atoms. The Kier molecular flexibility index (Phi) is 3.80. The molecule has 1 saturated heterocycles. The number of nitriles is 1. The lowest BCUT2D eigenvalue weighted by molar-refractivity contribution is 0.178. The molecule has 0 aromatic heterocycles. The number of hydrogen-bond donors (Lipinski definition) is 1. The summed E-state index contributed by atoms with van der Waals surface area (Å²) in [4.78, 5) is 13.4. The first kappa shape index (κ1) is 12.4. The van der Waals surface area contributed by atoms with Crippen LogP contribution in [0.2, 0.25) is 0 Å². The van der Waals surface area contributed by atoms with Gasteiger partial charge in [0.1, 0.15) is 6.61 Å². The quantitative estimate of drug-likeness (QED) is 0.872. The van der Waals surface area contributed by atoms with Crippen molar-refractivity contribution in [2.75, 3.05) is 25.1 Å². The van der Waals surface area contributed by atoms with Crippen LogP contribution in [0.4, 0.5) is 10.5 Å². The van der Waals surface area contributed by atoms with Crippen molar-refractivity contribution in [1.29, 1.82) is 5.26 Å². The van der Waals surface area contributed by atoms with Crippen molar-refractivity contribution in [1.82, 2.24) is 5.32 Å². The third kappa shape index (κ3) is 2.44. The number of nitrogens with zero attached hydrogens (tertiary/aromatic N) is 2. The maximum Gasteiger partial charge on any atom is 0.414 e. The van der Waals surface area contributed by atoms with Crippen LogP contribution in [-0.4, -0.2) is 32.3 Å². The topological polar surface area (TPSA) is 65.4 Å². The first-order valence-corrected chi connectivity index (χ1v) is 5.87. The van der Waals surface area contributed by atoms with Crippen LogP contribution in [0.25, 0.3) is 0 Å². The van der Waals surface area contributed by atoms with Gasteiger partial charge in [-0.15, -0.1) is 0 Å². The van der Waals surface area contributed by atoms with Gasteiger partial charge in [-0.2, -0.15) is 5.26 Å². The normalized spacial score (nSPS) is 18.6. The second-order valence-corrected chi connectivity index (χ2v) is 4.16. The van der Waals surface area contributed by atoms with Crippen molar-refractivity contribution in [2.45, 2.75) is 12.5 Å². The van der Waals surface area contributed by atoms with Gasteiger partial charge in [-0.3, -0.25) is 4.90 Å². The zero-order valence-electron chi connectivity index (χ0n) is 10.2. The van der Waals surface area contributed by atoms with Gasteiger partial charge in [-0.05, 0) is 38.2 Å². The molecule has 1 aromatic carbocycles. The number of amides is 1. The summed E-state index contributed by atoms with van der Waals surface area (Å²) in [7, 11) is 1.87. The van der Waals surface area contributed by atoms with Crippen LogP contribution in [-0.2, 0) is 4.74 Å². The average molecular weight is 245 g/mol. The number of cyclic esters (lactones) is 1. The lowest BCUT2D eigenvalue weighted by Crippen LogP contribution is -2.35. The predicted molar refractivity (Wildman–Crippen MR) is 67.3 cm³/mol. The molecule has 1 aromatic rings. The van der Waals surface area contributed by atoms with Crippen LogP contribution in [0.5, 0.6) is 0 Å². The summed E-state index contributed by atoms with van der Waals surface area (Å²) in [6, 6.07) is 9.11. The first-order chi connectivity index (χ1) is 8.76. The molecule has 1 heterocycles. The van der Waals surface area contributed by atoms with E-state index in [1.807, 2.05) is 13.1 Å². The minimum atomic E-state index is -0.341. The van der Waals surface area contributed by atoms with E-state index in [1.54, 1.807) is 23.1 Å². The van der Waals surface area contributed by atoms with E-state index < -0.39 is 0 Å². The minimum Gasteiger partial charge on any atom is -0.447 e. The maximum atomic E-state index is 11.7. The highest BCUT2D eigenvalue weighted by molar-refractivity contribution is 5.90. The molecule has 1 N–H and O–H groups in total. The Hall–Kier alpha value is -2.06. The molecule has 1 amide bonds. The van der Waals surface area contributed by atoms with Crippen LogP contribution in [0.3, 0.4) is 0 Å². The summed E-state index contributed by atoms with van der Waals surface area (Å²) in [6.07, 6.45) is 0.477. The molecule has 5 heteroatoms. The Morgan fingerprint density at radius 1 is 1.61 bits per heavy atom. The largest absolute Gasteiger partial charge is 0.447 e. The minimum absolute atomic E-state index is 0.0268. The Labute approximate surface area is 106 Å². The Balaban J connectivity index is 2.22. The molecule has 1 aliphatic rings. The highest BCUT2D eigenvalue weighted by atomic mass is 16.6. The highest BCUT2D eigenvalue weighted by Gasteiger charge is 2.33. The van der Waals surface area contributed by atoms with E-state index >= 15 is 0 Å². The maximum absolute atomic E-state index is 11.7. The monoisotopic (exact) mass is 245 g/mol. The van der Waals surface area contributed by atoms with Crippen molar-refractivity contribution < 1.29 is 9.53 Å². The molecule has 18 heavy (non-hydrogen) atoms. The molecule has 0 radical (unpaired) electrons. The Bertz CT molecular complexity index is 481. The van der Waals surface area contributed by atoms with Gasteiger partial charge in [0.2, 0.25) is 0 Å². The smallest absolute Gasteiger partial charge is 0.414 e. The number of hydrogen-bond acceptors (Lipinski definition) is 4. The van der Waals surface area contributed by atoms with Gasteiger partial charge in [0.25, 0.3) is 0 Å². The van der Waals surface area contributed by atoms with E-state index in [-0.39, 0.29) is 12.1 Å². The Morgan fingerprint density at radius 3 is 3.17 bits per heavy atom. The molecular weight excluding hydrogens is 230 g/mol. The molecule has 94 valence electrons. The fourth-order valence-electron chi connectivity index (χ4n) is 2.03. The number of carbonyl (C=O) groups excluding carboxylic acids is 1. The molecule has 5 nitrogen and oxygen atoms in total. The summed E-state index contributed by atoms with van der Waals surface area (Å²) in [6.45, 7) is 1.22. The van der Waals surface area contributed by atoms with Gasteiger partial charge in [-0.1, -0.05) is 6.07 Å². The summed E-state index contributed by atoms with van der Waals surface area (Å²) >= 11 is 0. The molecule has 2 rings (SSSR count). The van der Waals surface area contributed by atoms with Crippen LogP contribution in [0.15, 0.2) is 24.3 Å². The van der Waals surface area contributed by atoms with Crippen LogP contribution in [0, 0.1) is 11.3 Å². The molecule has 1 unspecified atom stereocenters. The molecule has 0 saturated carbocycles. The SMILES string of the molecule is CNCCC1COC(=O)N1c1cccc(C#N)c1. The molecule has 1 atom stereocenters. The Morgan fingerprint density at radius 2 is 2.44 bits per heavy atom. The standard InChI is InChI=1S/C13H15N3O2/c1-15-6-5-12-9-18-13(17)16(12)11-4-2-3-10(7-11)8-14/h2-4,7,12,15H,5-6,9H2,1H3. The van der Waals surface area contributed by atoms with Crippen molar-refractivity contribution >= 4 is 11.8 Å². The van der Waals surface area contributed by atoms with Gasteiger partial charge in [-0.25, -0.2) is 4.79 Å². The lowest BCUT2D eigenvalue weighted by atomic mass is 10.1. The van der Waals surface area contributed by atoms with Crippen LogP contribution >= 0.6 is 0 Å². The molecule has 0 aliphatic carbocycles. The molecule has 1 aliphatic heterocycles. The summed E-state index contributed by atoms with van der Waals surface area (Å²) in [5.74, 6) is 0. The van der Waals surface area contributed by atoms with Crippen molar-refractivity contribution in [2.24, 2.45) is 0 Å². The average Bonchev–Trinajstić information content (AvgIpc) is 2.77. The van der Waals surface area contributed by atoms with Crippen molar-refractivity contribution in [3.05, 3.63) is 29.8 Å². The van der Waals surface area contributed by atoms with Gasteiger partial charge in [0, 0.05) is 5.69 Å². The molecule has 1 fully saturated rings. The third-order valence-corrected chi connectivity index (χ3v) is 2.94. The number of rotatable bonds is 4. The van der Waals surface area contributed by atoms with Gasteiger partial charge < -0.3 is 10.1 Å². The zero-order chi connectivity index (χ0) is 13.0. The van der Waals surface area contributed by atoms with E-state index in [9.17, 15) is 4.79 Å². The van der Waals surface area contributed by atoms with Crippen molar-refractivity contribution in [3.63, 3.8) is 0 Å². The fraction of sp³-hybridized carbons (Fsp3) is 0.385. The second-order valence-electron chi connectivity index (χ2n) is 4.16. The number of ether oxygens (including phenoxy) is 1. The van der Waals surface area contributed by atoms with E-state index in [0.29, 0.717) is 12.2 Å². The lowest BCUT2D eigenvalue weighted by Gasteiger charge is -2.21. The second kappa shape index (κ2) is 5.52. The number of anilines is 1. The van der Waals surface area contributed by atoms with E-state index in [1.165, 1.54) is 0 Å². The number of benzene rings is 1. The number of carbonyl (C=O) groups is 1. The van der Waals surface area contributed by atoms with E-state index in [4.69, 9.17) is 10.00 Å². The van der Waals surface area contributed by atoms with E-state index in [2.05, 4.69) is 11.4 Å². The number of nitrogens with one attached hydrogen (secondary N) is 1. The first-order valence-electron chi connectivity index (χ1n) is 5.87. The molecular formula is C13H15N3O2. The molecule has 0 spiro atoms. The summed E-state index contributed by atoms with van der Waals surface area (Å²) in [5.41, 5.74) is 1.26. The highest BCUT2D eigenvalue weighted by Crippen LogP contribution is 2.25.